The third kappa shape index (κ3) is 4.40. The standard InChI is InChI=1S/C21H23ClN2O4/c1-3-28-20-16(22)8-13(9-19(20)27-2)11-23-18(21(25)26)10-14-12-24-17-7-5-4-6-15(14)17/h4-9,12,18,23-24H,3,10-11H2,1-2H3,(H,25,26)/t18-/m0/s1. The minimum absolute atomic E-state index is 0.335. The average molecular weight is 403 g/mol. The highest BCUT2D eigenvalue weighted by Crippen LogP contribution is 2.36. The Morgan fingerprint density at radius 3 is 2.82 bits per heavy atom. The second kappa shape index (κ2) is 8.99. The lowest BCUT2D eigenvalue weighted by atomic mass is 10.0. The molecule has 0 aliphatic heterocycles. The lowest BCUT2D eigenvalue weighted by Crippen LogP contribution is -2.38. The van der Waals surface area contributed by atoms with Crippen LogP contribution in [-0.2, 0) is 17.8 Å². The number of aromatic amines is 1. The third-order valence-corrected chi connectivity index (χ3v) is 4.81. The zero-order valence-electron chi connectivity index (χ0n) is 15.8. The molecule has 148 valence electrons. The van der Waals surface area contributed by atoms with E-state index >= 15 is 0 Å². The summed E-state index contributed by atoms with van der Waals surface area (Å²) in [5.41, 5.74) is 2.76. The molecule has 28 heavy (non-hydrogen) atoms. The number of methoxy groups -OCH3 is 1. The fourth-order valence-electron chi connectivity index (χ4n) is 3.17. The zero-order valence-corrected chi connectivity index (χ0v) is 16.5. The third-order valence-electron chi connectivity index (χ3n) is 4.53. The molecule has 0 saturated heterocycles. The van der Waals surface area contributed by atoms with Crippen LogP contribution < -0.4 is 14.8 Å². The number of fused-ring (bicyclic) bond motifs is 1. The van der Waals surface area contributed by atoms with E-state index < -0.39 is 12.0 Å². The van der Waals surface area contributed by atoms with Gasteiger partial charge in [-0.25, -0.2) is 0 Å². The number of nitrogens with one attached hydrogen (secondary N) is 2. The van der Waals surface area contributed by atoms with Gasteiger partial charge in [-0.05, 0) is 36.2 Å². The van der Waals surface area contributed by atoms with Crippen molar-refractivity contribution in [2.45, 2.75) is 25.9 Å². The van der Waals surface area contributed by atoms with Gasteiger partial charge in [-0.15, -0.1) is 0 Å². The first-order valence-corrected chi connectivity index (χ1v) is 9.41. The van der Waals surface area contributed by atoms with Crippen molar-refractivity contribution >= 4 is 28.5 Å². The van der Waals surface area contributed by atoms with E-state index in [2.05, 4.69) is 10.3 Å². The molecule has 7 heteroatoms. The van der Waals surface area contributed by atoms with Gasteiger partial charge in [0.2, 0.25) is 0 Å². The van der Waals surface area contributed by atoms with Gasteiger partial charge in [-0.2, -0.15) is 0 Å². The van der Waals surface area contributed by atoms with Crippen LogP contribution in [-0.4, -0.2) is 35.8 Å². The highest BCUT2D eigenvalue weighted by Gasteiger charge is 2.20. The van der Waals surface area contributed by atoms with Crippen LogP contribution >= 0.6 is 11.6 Å². The molecule has 0 aliphatic carbocycles. The van der Waals surface area contributed by atoms with E-state index in [0.717, 1.165) is 22.0 Å². The second-order valence-corrected chi connectivity index (χ2v) is 6.78. The van der Waals surface area contributed by atoms with E-state index in [-0.39, 0.29) is 0 Å². The maximum Gasteiger partial charge on any atom is 0.321 e. The van der Waals surface area contributed by atoms with Crippen molar-refractivity contribution in [2.75, 3.05) is 13.7 Å². The van der Waals surface area contributed by atoms with Gasteiger partial charge in [0, 0.05) is 30.1 Å². The first kappa shape index (κ1) is 20.0. The molecule has 3 N–H and O–H groups in total. The number of hydrogen-bond donors (Lipinski definition) is 3. The lowest BCUT2D eigenvalue weighted by Gasteiger charge is -2.16. The van der Waals surface area contributed by atoms with Crippen LogP contribution in [0.4, 0.5) is 0 Å². The van der Waals surface area contributed by atoms with Crippen molar-refractivity contribution in [1.29, 1.82) is 0 Å². The largest absolute Gasteiger partial charge is 0.493 e. The minimum atomic E-state index is -0.908. The van der Waals surface area contributed by atoms with Crippen LogP contribution in [0.2, 0.25) is 5.02 Å². The highest BCUT2D eigenvalue weighted by atomic mass is 35.5. The highest BCUT2D eigenvalue weighted by molar-refractivity contribution is 6.32. The van der Waals surface area contributed by atoms with Gasteiger partial charge in [0.25, 0.3) is 0 Å². The number of benzene rings is 2. The van der Waals surface area contributed by atoms with E-state index in [1.54, 1.807) is 19.2 Å². The molecule has 0 bridgehead atoms. The van der Waals surface area contributed by atoms with Crippen molar-refractivity contribution < 1.29 is 19.4 Å². The van der Waals surface area contributed by atoms with Crippen LogP contribution in [0.1, 0.15) is 18.1 Å². The number of H-pyrrole nitrogens is 1. The number of ether oxygens (including phenoxy) is 2. The first-order valence-electron chi connectivity index (χ1n) is 9.03. The number of carboxylic acid groups (broad SMARTS) is 1. The molecule has 0 saturated carbocycles. The van der Waals surface area contributed by atoms with Crippen LogP contribution in [0, 0.1) is 0 Å². The van der Waals surface area contributed by atoms with Gasteiger partial charge in [-0.3, -0.25) is 4.79 Å². The van der Waals surface area contributed by atoms with E-state index in [4.69, 9.17) is 21.1 Å². The maximum absolute atomic E-state index is 11.8. The quantitative estimate of drug-likeness (QED) is 0.503. The van der Waals surface area contributed by atoms with Crippen LogP contribution in [0.5, 0.6) is 11.5 Å². The lowest BCUT2D eigenvalue weighted by molar-refractivity contribution is -0.139. The fourth-order valence-corrected chi connectivity index (χ4v) is 3.46. The monoisotopic (exact) mass is 402 g/mol. The number of hydrogen-bond acceptors (Lipinski definition) is 4. The van der Waals surface area contributed by atoms with Gasteiger partial charge < -0.3 is 24.9 Å². The normalized spacial score (nSPS) is 12.1. The zero-order chi connectivity index (χ0) is 20.1. The molecule has 0 radical (unpaired) electrons. The number of aliphatic carboxylic acids is 1. The Labute approximate surface area is 168 Å². The molecule has 0 aliphatic rings. The molecule has 3 rings (SSSR count). The van der Waals surface area contributed by atoms with Crippen LogP contribution in [0.15, 0.2) is 42.6 Å². The summed E-state index contributed by atoms with van der Waals surface area (Å²) < 4.78 is 10.9. The summed E-state index contributed by atoms with van der Waals surface area (Å²) in [7, 11) is 1.54. The van der Waals surface area contributed by atoms with Crippen molar-refractivity contribution in [2.24, 2.45) is 0 Å². The van der Waals surface area contributed by atoms with Gasteiger partial charge in [-0.1, -0.05) is 29.8 Å². The fraction of sp³-hybridized carbons (Fsp3) is 0.286. The Morgan fingerprint density at radius 1 is 1.32 bits per heavy atom. The Kier molecular flexibility index (Phi) is 6.44. The van der Waals surface area contributed by atoms with E-state index in [9.17, 15) is 9.90 Å². The molecule has 0 amide bonds. The van der Waals surface area contributed by atoms with Gasteiger partial charge in [0.05, 0.1) is 18.7 Å². The topological polar surface area (TPSA) is 83.6 Å². The predicted molar refractivity (Wildman–Crippen MR) is 109 cm³/mol. The molecular formula is C21H23ClN2O4. The average Bonchev–Trinajstić information content (AvgIpc) is 3.09. The van der Waals surface area contributed by atoms with E-state index in [1.807, 2.05) is 37.4 Å². The van der Waals surface area contributed by atoms with Crippen molar-refractivity contribution in [3.05, 3.63) is 58.7 Å². The number of halogens is 1. The van der Waals surface area contributed by atoms with Gasteiger partial charge >= 0.3 is 5.97 Å². The molecule has 3 aromatic rings. The summed E-state index contributed by atoms with van der Waals surface area (Å²) >= 11 is 6.30. The summed E-state index contributed by atoms with van der Waals surface area (Å²) in [6, 6.07) is 10.7. The summed E-state index contributed by atoms with van der Waals surface area (Å²) in [5, 5.41) is 14.2. The van der Waals surface area contributed by atoms with E-state index in [1.165, 1.54) is 0 Å². The molecule has 2 aromatic carbocycles. The Morgan fingerprint density at radius 2 is 2.11 bits per heavy atom. The van der Waals surface area contributed by atoms with Crippen molar-refractivity contribution in [3.8, 4) is 11.5 Å². The number of rotatable bonds is 9. The van der Waals surface area contributed by atoms with Crippen molar-refractivity contribution in [3.63, 3.8) is 0 Å². The Balaban J connectivity index is 1.75. The maximum atomic E-state index is 11.8. The number of para-hydroxylation sites is 1. The molecule has 6 nitrogen and oxygen atoms in total. The number of carbonyl (C=O) groups is 1. The smallest absolute Gasteiger partial charge is 0.321 e. The molecule has 1 aromatic heterocycles. The molecular weight excluding hydrogens is 380 g/mol. The Hall–Kier alpha value is -2.70. The summed E-state index contributed by atoms with van der Waals surface area (Å²) in [6.07, 6.45) is 2.22. The predicted octanol–water partition coefficient (Wildman–Crippen LogP) is 4.01. The first-order chi connectivity index (χ1) is 13.5. The molecule has 0 spiro atoms. The van der Waals surface area contributed by atoms with Crippen LogP contribution in [0.3, 0.4) is 0 Å². The summed E-state index contributed by atoms with van der Waals surface area (Å²) in [6.45, 7) is 2.68. The minimum Gasteiger partial charge on any atom is -0.493 e. The van der Waals surface area contributed by atoms with Crippen LogP contribution in [0.25, 0.3) is 10.9 Å². The second-order valence-electron chi connectivity index (χ2n) is 6.38. The van der Waals surface area contributed by atoms with Crippen molar-refractivity contribution in [1.82, 2.24) is 10.3 Å². The molecule has 0 fully saturated rings. The molecule has 0 unspecified atom stereocenters. The summed E-state index contributed by atoms with van der Waals surface area (Å²) in [4.78, 5) is 14.9. The van der Waals surface area contributed by atoms with Gasteiger partial charge in [0.1, 0.15) is 6.04 Å². The number of aromatic nitrogens is 1. The molecule has 1 atom stereocenters. The number of carboxylic acids is 1. The summed E-state index contributed by atoms with van der Waals surface area (Å²) in [5.74, 6) is 0.105. The SMILES string of the molecule is CCOc1c(Cl)cc(CN[C@@H](Cc2c[nH]c3ccccc23)C(=O)O)cc1OC. The van der Waals surface area contributed by atoms with E-state index in [0.29, 0.717) is 36.1 Å². The molecule has 1 heterocycles. The Bertz CT molecular complexity index is 970. The van der Waals surface area contributed by atoms with Gasteiger partial charge in [0.15, 0.2) is 11.5 Å².